The van der Waals surface area contributed by atoms with Crippen LogP contribution in [-0.4, -0.2) is 24.1 Å². The van der Waals surface area contributed by atoms with Crippen molar-refractivity contribution in [3.05, 3.63) is 46.6 Å². The smallest absolute Gasteiger partial charge is 0.229 e. The molecule has 2 aromatic heterocycles. The summed E-state index contributed by atoms with van der Waals surface area (Å²) >= 11 is 3.30. The van der Waals surface area contributed by atoms with Gasteiger partial charge < -0.3 is 0 Å². The van der Waals surface area contributed by atoms with Crippen molar-refractivity contribution in [3.8, 4) is 0 Å². The lowest BCUT2D eigenvalue weighted by Gasteiger charge is -2.11. The summed E-state index contributed by atoms with van der Waals surface area (Å²) in [5.41, 5.74) is 2.21. The zero-order valence-electron chi connectivity index (χ0n) is 14.2. The maximum absolute atomic E-state index is 12.6. The molecule has 0 saturated heterocycles. The Morgan fingerprint density at radius 1 is 1.11 bits per heavy atom. The Morgan fingerprint density at radius 2 is 1.85 bits per heavy atom. The van der Waals surface area contributed by atoms with Crippen molar-refractivity contribution in [1.82, 2.24) is 9.97 Å². The highest BCUT2D eigenvalue weighted by molar-refractivity contribution is 7.98. The molecule has 0 fully saturated rings. The Hall–Kier alpha value is -1.58. The number of sulfone groups is 1. The molecule has 0 unspecified atom stereocenters. The van der Waals surface area contributed by atoms with E-state index < -0.39 is 15.6 Å². The molecule has 4 rings (SSSR count). The van der Waals surface area contributed by atoms with Gasteiger partial charge in [-0.2, -0.15) is 8.78 Å². The number of aryl methyl sites for hydroxylation is 2. The number of aromatic nitrogens is 2. The first-order valence-corrected chi connectivity index (χ1v) is 11.8. The van der Waals surface area contributed by atoms with E-state index in [1.165, 1.54) is 35.4 Å². The number of alkyl halides is 2. The summed E-state index contributed by atoms with van der Waals surface area (Å²) < 4.78 is 48.2. The maximum atomic E-state index is 12.6. The summed E-state index contributed by atoms with van der Waals surface area (Å²) in [4.78, 5) is 10.9. The lowest BCUT2D eigenvalue weighted by Crippen LogP contribution is -2.11. The fourth-order valence-corrected chi connectivity index (χ4v) is 6.20. The largest absolute Gasteiger partial charge is 0.341 e. The minimum absolute atomic E-state index is 0.359. The molecule has 0 bridgehead atoms. The Morgan fingerprint density at radius 3 is 2.59 bits per heavy atom. The third-order valence-electron chi connectivity index (χ3n) is 4.58. The predicted molar refractivity (Wildman–Crippen MR) is 103 cm³/mol. The first-order chi connectivity index (χ1) is 13.0. The molecule has 0 saturated carbocycles. The molecule has 0 spiro atoms. The number of hydrogen-bond donors (Lipinski definition) is 0. The lowest BCUT2D eigenvalue weighted by atomic mass is 9.97. The normalized spacial score (nSPS) is 14.6. The predicted octanol–water partition coefficient (Wildman–Crippen LogP) is 4.86. The molecule has 1 aromatic carbocycles. The summed E-state index contributed by atoms with van der Waals surface area (Å²) in [5.74, 6) is -2.83. The Labute approximate surface area is 164 Å². The minimum atomic E-state index is -4.55. The van der Waals surface area contributed by atoms with E-state index >= 15 is 0 Å². The van der Waals surface area contributed by atoms with Crippen molar-refractivity contribution in [3.63, 3.8) is 0 Å². The van der Waals surface area contributed by atoms with E-state index in [-0.39, 0.29) is 4.90 Å². The Bertz CT molecular complexity index is 1080. The molecule has 2 heterocycles. The van der Waals surface area contributed by atoms with Gasteiger partial charge in [0.25, 0.3) is 0 Å². The van der Waals surface area contributed by atoms with E-state index in [0.29, 0.717) is 5.75 Å². The number of rotatable bonds is 5. The second-order valence-electron chi connectivity index (χ2n) is 6.31. The number of thiophene rings is 1. The van der Waals surface area contributed by atoms with Crippen LogP contribution in [0.25, 0.3) is 10.2 Å². The van der Waals surface area contributed by atoms with Gasteiger partial charge in [-0.05, 0) is 48.9 Å². The van der Waals surface area contributed by atoms with Crippen LogP contribution in [0.2, 0.25) is 0 Å². The molecule has 0 radical (unpaired) electrons. The van der Waals surface area contributed by atoms with Crippen molar-refractivity contribution < 1.29 is 17.2 Å². The molecule has 4 nitrogen and oxygen atoms in total. The molecule has 3 aromatic rings. The van der Waals surface area contributed by atoms with Gasteiger partial charge in [0.1, 0.15) is 16.2 Å². The third kappa shape index (κ3) is 3.60. The highest BCUT2D eigenvalue weighted by Crippen LogP contribution is 2.39. The number of hydrogen-bond acceptors (Lipinski definition) is 6. The molecule has 1 aliphatic rings. The van der Waals surface area contributed by atoms with Gasteiger partial charge in [-0.3, -0.25) is 0 Å². The maximum Gasteiger partial charge on any atom is 0.341 e. The van der Waals surface area contributed by atoms with E-state index in [1.54, 1.807) is 41.6 Å². The highest BCUT2D eigenvalue weighted by Gasteiger charge is 2.26. The molecular formula is C18H16F2N2O2S3. The van der Waals surface area contributed by atoms with Crippen LogP contribution in [0.5, 0.6) is 0 Å². The van der Waals surface area contributed by atoms with E-state index in [1.807, 2.05) is 0 Å². The molecule has 27 heavy (non-hydrogen) atoms. The average Bonchev–Trinajstić information content (AvgIpc) is 3.05. The van der Waals surface area contributed by atoms with Gasteiger partial charge in [-0.25, -0.2) is 18.4 Å². The zero-order valence-corrected chi connectivity index (χ0v) is 16.6. The third-order valence-corrected chi connectivity index (χ3v) is 8.24. The van der Waals surface area contributed by atoms with Gasteiger partial charge in [0.2, 0.25) is 9.84 Å². The van der Waals surface area contributed by atoms with Gasteiger partial charge in [0, 0.05) is 16.0 Å². The van der Waals surface area contributed by atoms with Crippen molar-refractivity contribution in [2.45, 2.75) is 47.1 Å². The number of benzene rings is 1. The first kappa shape index (κ1) is 18.8. The highest BCUT2D eigenvalue weighted by atomic mass is 32.2. The second-order valence-corrected chi connectivity index (χ2v) is 10.3. The van der Waals surface area contributed by atoms with Crippen molar-refractivity contribution >= 4 is 43.2 Å². The van der Waals surface area contributed by atoms with Gasteiger partial charge in [-0.1, -0.05) is 12.1 Å². The first-order valence-electron chi connectivity index (χ1n) is 8.46. The van der Waals surface area contributed by atoms with Crippen LogP contribution in [0.4, 0.5) is 8.78 Å². The molecule has 1 aliphatic carbocycles. The van der Waals surface area contributed by atoms with Gasteiger partial charge in [-0.15, -0.1) is 23.1 Å². The van der Waals surface area contributed by atoms with Crippen molar-refractivity contribution in [2.75, 3.05) is 0 Å². The number of fused-ring (bicyclic) bond motifs is 3. The van der Waals surface area contributed by atoms with Crippen LogP contribution in [0.3, 0.4) is 0 Å². The topological polar surface area (TPSA) is 59.9 Å². The Balaban J connectivity index is 1.57. The Kier molecular flexibility index (Phi) is 5.17. The fourth-order valence-electron chi connectivity index (χ4n) is 3.20. The quantitative estimate of drug-likeness (QED) is 0.431. The summed E-state index contributed by atoms with van der Waals surface area (Å²) in [6.07, 6.45) is 6.11. The fraction of sp³-hybridized carbons (Fsp3) is 0.333. The molecule has 142 valence electrons. The van der Waals surface area contributed by atoms with Crippen molar-refractivity contribution in [1.29, 1.82) is 0 Å². The number of thioether (sulfide) groups is 1. The molecular weight excluding hydrogens is 410 g/mol. The van der Waals surface area contributed by atoms with Gasteiger partial charge in [0.15, 0.2) is 0 Å². The molecule has 9 heteroatoms. The van der Waals surface area contributed by atoms with E-state index in [0.717, 1.165) is 33.6 Å². The summed E-state index contributed by atoms with van der Waals surface area (Å²) in [7, 11) is -4.55. The van der Waals surface area contributed by atoms with Crippen molar-refractivity contribution in [2.24, 2.45) is 0 Å². The molecule has 0 N–H and O–H groups in total. The van der Waals surface area contributed by atoms with Crippen LogP contribution >= 0.6 is 23.1 Å². The van der Waals surface area contributed by atoms with E-state index in [2.05, 4.69) is 9.97 Å². The summed E-state index contributed by atoms with van der Waals surface area (Å²) in [6, 6.07) is 5.62. The molecule has 0 amide bonds. The van der Waals surface area contributed by atoms with Crippen LogP contribution in [0.15, 0.2) is 40.5 Å². The van der Waals surface area contributed by atoms with Crippen LogP contribution in [0.1, 0.15) is 28.8 Å². The van der Waals surface area contributed by atoms with Crippen LogP contribution in [0, 0.1) is 0 Å². The SMILES string of the molecule is O=S(=O)(c1ccc(CSc2ncnc3sc4c(c23)CCCC4)cc1)C(F)F. The van der Waals surface area contributed by atoms with Gasteiger partial charge in [0.05, 0.1) is 4.90 Å². The monoisotopic (exact) mass is 426 g/mol. The standard InChI is InChI=1S/C18H16F2N2O2S3/c19-18(20)27(23,24)12-7-5-11(6-8-12)9-25-16-15-13-3-1-2-4-14(13)26-17(15)22-10-21-16/h5-8,10,18H,1-4,9H2. The van der Waals surface area contributed by atoms with Crippen LogP contribution in [-0.2, 0) is 28.4 Å². The number of nitrogens with zero attached hydrogens (tertiary/aromatic N) is 2. The lowest BCUT2D eigenvalue weighted by molar-refractivity contribution is 0.234. The zero-order chi connectivity index (χ0) is 19.0. The van der Waals surface area contributed by atoms with Crippen LogP contribution < -0.4 is 0 Å². The minimum Gasteiger partial charge on any atom is -0.229 e. The summed E-state index contributed by atoms with van der Waals surface area (Å²) in [5, 5.41) is 2.06. The molecule has 0 atom stereocenters. The van der Waals surface area contributed by atoms with Gasteiger partial charge >= 0.3 is 5.76 Å². The second kappa shape index (κ2) is 7.44. The molecule has 0 aliphatic heterocycles. The van der Waals surface area contributed by atoms with E-state index in [9.17, 15) is 17.2 Å². The van der Waals surface area contributed by atoms with E-state index in [4.69, 9.17) is 0 Å². The number of halogens is 2. The average molecular weight is 427 g/mol. The summed E-state index contributed by atoms with van der Waals surface area (Å²) in [6.45, 7) is 0.